The van der Waals surface area contributed by atoms with Gasteiger partial charge in [-0.3, -0.25) is 0 Å². The first kappa shape index (κ1) is 15.9. The summed E-state index contributed by atoms with van der Waals surface area (Å²) in [5.41, 5.74) is 1.31. The van der Waals surface area contributed by atoms with E-state index in [2.05, 4.69) is 17.2 Å². The van der Waals surface area contributed by atoms with E-state index in [0.29, 0.717) is 5.92 Å². The van der Waals surface area contributed by atoms with Crippen LogP contribution in [0.4, 0.5) is 4.79 Å². The van der Waals surface area contributed by atoms with Crippen LogP contribution in [0.15, 0.2) is 0 Å². The van der Waals surface area contributed by atoms with Crippen molar-refractivity contribution in [2.45, 2.75) is 77.9 Å². The molecule has 21 heavy (non-hydrogen) atoms. The number of amides is 1. The molecular weight excluding hydrogens is 266 g/mol. The predicted octanol–water partition coefficient (Wildman–Crippen LogP) is 3.61. The molecule has 1 aliphatic carbocycles. The van der Waals surface area contributed by atoms with Gasteiger partial charge in [0.15, 0.2) is 0 Å². The van der Waals surface area contributed by atoms with Gasteiger partial charge in [-0.05, 0) is 53.9 Å². The molecule has 1 amide bonds. The number of nitrogens with one attached hydrogen (secondary N) is 2. The number of nitrogens with zero attached hydrogens (tertiary/aromatic N) is 1. The van der Waals surface area contributed by atoms with Gasteiger partial charge in [0.05, 0.1) is 11.2 Å². The van der Waals surface area contributed by atoms with Crippen LogP contribution in [0.1, 0.15) is 77.5 Å². The van der Waals surface area contributed by atoms with Gasteiger partial charge in [-0.2, -0.15) is 0 Å². The molecule has 2 N–H and O–H groups in total. The molecule has 1 unspecified atom stereocenters. The van der Waals surface area contributed by atoms with Crippen molar-refractivity contribution >= 4 is 6.09 Å². The summed E-state index contributed by atoms with van der Waals surface area (Å²) in [6, 6.07) is 0. The number of aryl methyl sites for hydroxylation is 1. The number of rotatable bonds is 3. The van der Waals surface area contributed by atoms with E-state index in [4.69, 9.17) is 9.72 Å². The minimum absolute atomic E-state index is 0.420. The second-order valence-electron chi connectivity index (χ2n) is 7.34. The van der Waals surface area contributed by atoms with E-state index in [-0.39, 0.29) is 0 Å². The van der Waals surface area contributed by atoms with Crippen molar-refractivity contribution in [3.63, 3.8) is 0 Å². The van der Waals surface area contributed by atoms with Crippen molar-refractivity contribution in [3.05, 3.63) is 17.2 Å². The number of alkyl carbamates (subject to hydrolysis) is 1. The fourth-order valence-electron chi connectivity index (χ4n) is 2.72. The van der Waals surface area contributed by atoms with E-state index in [0.717, 1.165) is 18.7 Å². The van der Waals surface area contributed by atoms with Gasteiger partial charge in [0.1, 0.15) is 11.4 Å². The lowest BCUT2D eigenvalue weighted by atomic mass is 10.0. The van der Waals surface area contributed by atoms with Crippen molar-refractivity contribution in [1.29, 1.82) is 0 Å². The standard InChI is InChI=1S/C16H27N3O2/c1-7-10-8-9-11-12(10)18-13(17-11)16(5,6)19-14(20)21-15(2,3)4/h10H,7-9H2,1-6H3,(H,17,18)(H,19,20). The Kier molecular flexibility index (Phi) is 4.04. The van der Waals surface area contributed by atoms with E-state index in [1.165, 1.54) is 17.8 Å². The molecule has 2 rings (SSSR count). The lowest BCUT2D eigenvalue weighted by molar-refractivity contribution is 0.0466. The second-order valence-corrected chi connectivity index (χ2v) is 7.34. The quantitative estimate of drug-likeness (QED) is 0.894. The Morgan fingerprint density at radius 3 is 2.62 bits per heavy atom. The number of fused-ring (bicyclic) bond motifs is 1. The molecular formula is C16H27N3O2. The normalized spacial score (nSPS) is 18.5. The van der Waals surface area contributed by atoms with E-state index in [1.54, 1.807) is 0 Å². The second kappa shape index (κ2) is 5.35. The summed E-state index contributed by atoms with van der Waals surface area (Å²) in [6.07, 6.45) is 2.90. The van der Waals surface area contributed by atoms with Crippen molar-refractivity contribution in [2.24, 2.45) is 0 Å². The molecule has 1 atom stereocenters. The first-order valence-electron chi connectivity index (χ1n) is 7.73. The molecule has 0 aliphatic heterocycles. The number of aromatic nitrogens is 2. The van der Waals surface area contributed by atoms with Crippen molar-refractivity contribution in [1.82, 2.24) is 15.3 Å². The SMILES string of the molecule is CCC1CCc2[nH]c(C(C)(C)NC(=O)OC(C)(C)C)nc21. The molecule has 5 heteroatoms. The predicted molar refractivity (Wildman–Crippen MR) is 82.3 cm³/mol. The Morgan fingerprint density at radius 1 is 1.38 bits per heavy atom. The average Bonchev–Trinajstić information content (AvgIpc) is 2.83. The van der Waals surface area contributed by atoms with Crippen molar-refractivity contribution in [3.8, 4) is 0 Å². The Labute approximate surface area is 126 Å². The number of H-pyrrole nitrogens is 1. The topological polar surface area (TPSA) is 67.0 Å². The van der Waals surface area contributed by atoms with Gasteiger partial charge >= 0.3 is 6.09 Å². The fourth-order valence-corrected chi connectivity index (χ4v) is 2.72. The van der Waals surface area contributed by atoms with Gasteiger partial charge in [-0.25, -0.2) is 9.78 Å². The van der Waals surface area contributed by atoms with Gasteiger partial charge < -0.3 is 15.0 Å². The molecule has 118 valence electrons. The van der Waals surface area contributed by atoms with E-state index >= 15 is 0 Å². The monoisotopic (exact) mass is 293 g/mol. The highest BCUT2D eigenvalue weighted by Crippen LogP contribution is 2.35. The number of hydrogen-bond donors (Lipinski definition) is 2. The summed E-state index contributed by atoms with van der Waals surface area (Å²) in [6.45, 7) is 11.6. The summed E-state index contributed by atoms with van der Waals surface area (Å²) in [5.74, 6) is 1.35. The molecule has 0 radical (unpaired) electrons. The average molecular weight is 293 g/mol. The van der Waals surface area contributed by atoms with E-state index in [9.17, 15) is 4.79 Å². The van der Waals surface area contributed by atoms with Crippen LogP contribution in [0.2, 0.25) is 0 Å². The molecule has 1 heterocycles. The maximum atomic E-state index is 12.0. The minimum atomic E-state index is -0.578. The highest BCUT2D eigenvalue weighted by Gasteiger charge is 2.33. The summed E-state index contributed by atoms with van der Waals surface area (Å²) < 4.78 is 5.32. The smallest absolute Gasteiger partial charge is 0.408 e. The highest BCUT2D eigenvalue weighted by atomic mass is 16.6. The molecule has 1 aliphatic rings. The van der Waals surface area contributed by atoms with Crippen LogP contribution in [0.5, 0.6) is 0 Å². The van der Waals surface area contributed by atoms with Crippen LogP contribution in [-0.2, 0) is 16.7 Å². The van der Waals surface area contributed by atoms with Crippen LogP contribution >= 0.6 is 0 Å². The van der Waals surface area contributed by atoms with Crippen LogP contribution < -0.4 is 5.32 Å². The Bertz CT molecular complexity index is 526. The molecule has 1 aromatic heterocycles. The first-order chi connectivity index (χ1) is 9.62. The highest BCUT2D eigenvalue weighted by molar-refractivity contribution is 5.68. The third-order valence-electron chi connectivity index (χ3n) is 3.84. The Morgan fingerprint density at radius 2 is 2.05 bits per heavy atom. The molecule has 0 fully saturated rings. The zero-order valence-corrected chi connectivity index (χ0v) is 14.0. The fraction of sp³-hybridized carbons (Fsp3) is 0.750. The van der Waals surface area contributed by atoms with Gasteiger partial charge in [0.25, 0.3) is 0 Å². The first-order valence-corrected chi connectivity index (χ1v) is 7.73. The molecule has 0 aromatic carbocycles. The Hall–Kier alpha value is -1.52. The third kappa shape index (κ3) is 3.57. The lowest BCUT2D eigenvalue weighted by Crippen LogP contribution is -2.44. The van der Waals surface area contributed by atoms with E-state index < -0.39 is 17.2 Å². The van der Waals surface area contributed by atoms with Crippen molar-refractivity contribution in [2.75, 3.05) is 0 Å². The Balaban J connectivity index is 2.12. The number of imidazole rings is 1. The largest absolute Gasteiger partial charge is 0.444 e. The number of carbonyl (C=O) groups excluding carboxylic acids is 1. The molecule has 1 aromatic rings. The number of aromatic amines is 1. The third-order valence-corrected chi connectivity index (χ3v) is 3.84. The van der Waals surface area contributed by atoms with Gasteiger partial charge in [0.2, 0.25) is 0 Å². The van der Waals surface area contributed by atoms with Crippen LogP contribution in [0, 0.1) is 0 Å². The van der Waals surface area contributed by atoms with Crippen LogP contribution in [0.3, 0.4) is 0 Å². The minimum Gasteiger partial charge on any atom is -0.444 e. The van der Waals surface area contributed by atoms with E-state index in [1.807, 2.05) is 34.6 Å². The zero-order chi connectivity index (χ0) is 15.8. The number of carbonyl (C=O) groups is 1. The summed E-state index contributed by atoms with van der Waals surface area (Å²) in [4.78, 5) is 20.1. The van der Waals surface area contributed by atoms with Gasteiger partial charge in [-0.15, -0.1) is 0 Å². The molecule has 0 bridgehead atoms. The molecule has 0 saturated heterocycles. The molecule has 0 spiro atoms. The summed E-state index contributed by atoms with van der Waals surface area (Å²) in [5, 5.41) is 2.90. The number of ether oxygens (including phenoxy) is 1. The molecule has 5 nitrogen and oxygen atoms in total. The van der Waals surface area contributed by atoms with Gasteiger partial charge in [-0.1, -0.05) is 6.92 Å². The lowest BCUT2D eigenvalue weighted by Gasteiger charge is -2.27. The number of hydrogen-bond acceptors (Lipinski definition) is 3. The summed E-state index contributed by atoms with van der Waals surface area (Å²) >= 11 is 0. The van der Waals surface area contributed by atoms with Crippen molar-refractivity contribution < 1.29 is 9.53 Å². The van der Waals surface area contributed by atoms with Crippen LogP contribution in [0.25, 0.3) is 0 Å². The zero-order valence-electron chi connectivity index (χ0n) is 14.0. The maximum Gasteiger partial charge on any atom is 0.408 e. The summed E-state index contributed by atoms with van der Waals surface area (Å²) in [7, 11) is 0. The maximum absolute atomic E-state index is 12.0. The van der Waals surface area contributed by atoms with Gasteiger partial charge in [0, 0.05) is 11.6 Å². The van der Waals surface area contributed by atoms with Crippen LogP contribution in [-0.4, -0.2) is 21.7 Å². The molecule has 0 saturated carbocycles.